The molecule has 1 aromatic heterocycles. The minimum atomic E-state index is -1.08. The van der Waals surface area contributed by atoms with Crippen LogP contribution in [0.4, 0.5) is 11.4 Å². The molecule has 20 heavy (non-hydrogen) atoms. The van der Waals surface area contributed by atoms with Gasteiger partial charge in [-0.25, -0.2) is 9.78 Å². The summed E-state index contributed by atoms with van der Waals surface area (Å²) in [5, 5.41) is 11.5. The second-order valence-corrected chi connectivity index (χ2v) is 4.88. The first kappa shape index (κ1) is 14.0. The zero-order valence-corrected chi connectivity index (χ0v) is 11.7. The van der Waals surface area contributed by atoms with E-state index in [2.05, 4.69) is 26.2 Å². The number of aromatic nitrogens is 1. The van der Waals surface area contributed by atoms with Crippen molar-refractivity contribution in [2.45, 2.75) is 0 Å². The number of hydrogen-bond acceptors (Lipinski definition) is 4. The van der Waals surface area contributed by atoms with Crippen LogP contribution in [0.2, 0.25) is 0 Å². The van der Waals surface area contributed by atoms with E-state index in [4.69, 9.17) is 10.8 Å². The third kappa shape index (κ3) is 3.33. The predicted molar refractivity (Wildman–Crippen MR) is 77.7 cm³/mol. The number of anilines is 2. The monoisotopic (exact) mass is 335 g/mol. The van der Waals surface area contributed by atoms with E-state index in [0.717, 1.165) is 0 Å². The van der Waals surface area contributed by atoms with Crippen molar-refractivity contribution in [1.29, 1.82) is 0 Å². The maximum Gasteiger partial charge on any atom is 0.335 e. The molecular weight excluding hydrogens is 326 g/mol. The molecule has 0 bridgehead atoms. The van der Waals surface area contributed by atoms with Gasteiger partial charge in [0, 0.05) is 10.2 Å². The molecule has 1 heterocycles. The number of nitrogen functional groups attached to an aromatic ring is 1. The highest BCUT2D eigenvalue weighted by Crippen LogP contribution is 2.20. The number of carbonyl (C=O) groups is 2. The van der Waals surface area contributed by atoms with Crippen molar-refractivity contribution in [3.05, 3.63) is 52.3 Å². The first-order valence-corrected chi connectivity index (χ1v) is 6.32. The van der Waals surface area contributed by atoms with E-state index in [1.807, 2.05) is 0 Å². The van der Waals surface area contributed by atoms with E-state index in [1.54, 1.807) is 12.1 Å². The van der Waals surface area contributed by atoms with Crippen LogP contribution in [0.3, 0.4) is 0 Å². The minimum Gasteiger partial charge on any atom is -0.478 e. The number of nitrogens with one attached hydrogen (secondary N) is 1. The van der Waals surface area contributed by atoms with Gasteiger partial charge in [0.15, 0.2) is 0 Å². The minimum absolute atomic E-state index is 0.0694. The standard InChI is InChI=1S/C13H10BrN3O3/c14-8-3-7(13(19)20)4-10(5-8)17-12(18)11-2-1-9(15)6-16-11/h1-6H,15H2,(H,17,18)(H,19,20). The topological polar surface area (TPSA) is 105 Å². The van der Waals surface area contributed by atoms with Crippen molar-refractivity contribution in [3.8, 4) is 0 Å². The number of carboxylic acid groups (broad SMARTS) is 1. The van der Waals surface area contributed by atoms with Gasteiger partial charge < -0.3 is 16.2 Å². The Morgan fingerprint density at radius 2 is 2.00 bits per heavy atom. The van der Waals surface area contributed by atoms with Crippen molar-refractivity contribution in [3.63, 3.8) is 0 Å². The molecule has 2 aromatic rings. The van der Waals surface area contributed by atoms with E-state index >= 15 is 0 Å². The summed E-state index contributed by atoms with van der Waals surface area (Å²) in [6, 6.07) is 7.45. The molecule has 0 aliphatic heterocycles. The summed E-state index contributed by atoms with van der Waals surface area (Å²) in [5.41, 5.74) is 6.56. The lowest BCUT2D eigenvalue weighted by atomic mass is 10.2. The molecular formula is C13H10BrN3O3. The van der Waals surface area contributed by atoms with Crippen LogP contribution in [-0.4, -0.2) is 22.0 Å². The molecule has 0 radical (unpaired) electrons. The van der Waals surface area contributed by atoms with Crippen molar-refractivity contribution in [2.75, 3.05) is 11.1 Å². The Balaban J connectivity index is 2.23. The largest absolute Gasteiger partial charge is 0.478 e. The lowest BCUT2D eigenvalue weighted by molar-refractivity contribution is 0.0696. The Labute approximate surface area is 122 Å². The SMILES string of the molecule is Nc1ccc(C(=O)Nc2cc(Br)cc(C(=O)O)c2)nc1. The van der Waals surface area contributed by atoms with Crippen LogP contribution in [0.15, 0.2) is 41.0 Å². The van der Waals surface area contributed by atoms with Crippen LogP contribution in [-0.2, 0) is 0 Å². The molecule has 0 fully saturated rings. The third-order valence-electron chi connectivity index (χ3n) is 2.42. The summed E-state index contributed by atoms with van der Waals surface area (Å²) in [6.07, 6.45) is 1.37. The number of pyridine rings is 1. The van der Waals surface area contributed by atoms with Crippen LogP contribution in [0, 0.1) is 0 Å². The van der Waals surface area contributed by atoms with E-state index < -0.39 is 11.9 Å². The van der Waals surface area contributed by atoms with E-state index in [-0.39, 0.29) is 11.3 Å². The number of aromatic carboxylic acids is 1. The number of amides is 1. The number of nitrogens with zero attached hydrogens (tertiary/aromatic N) is 1. The van der Waals surface area contributed by atoms with Gasteiger partial charge >= 0.3 is 5.97 Å². The molecule has 6 nitrogen and oxygen atoms in total. The van der Waals surface area contributed by atoms with E-state index in [0.29, 0.717) is 15.8 Å². The lowest BCUT2D eigenvalue weighted by Crippen LogP contribution is -2.14. The van der Waals surface area contributed by atoms with Gasteiger partial charge in [-0.15, -0.1) is 0 Å². The summed E-state index contributed by atoms with van der Waals surface area (Å²) in [4.78, 5) is 26.8. The molecule has 1 amide bonds. The van der Waals surface area contributed by atoms with Gasteiger partial charge in [-0.05, 0) is 30.3 Å². The Hall–Kier alpha value is -2.41. The summed E-state index contributed by atoms with van der Waals surface area (Å²) in [5.74, 6) is -1.52. The molecule has 0 saturated heterocycles. The summed E-state index contributed by atoms with van der Waals surface area (Å²) in [6.45, 7) is 0. The molecule has 0 unspecified atom stereocenters. The fraction of sp³-hybridized carbons (Fsp3) is 0. The second kappa shape index (κ2) is 5.70. The van der Waals surface area contributed by atoms with Crippen molar-refractivity contribution < 1.29 is 14.7 Å². The van der Waals surface area contributed by atoms with Gasteiger partial charge in [-0.2, -0.15) is 0 Å². The van der Waals surface area contributed by atoms with Crippen LogP contribution in [0.25, 0.3) is 0 Å². The average molecular weight is 336 g/mol. The fourth-order valence-corrected chi connectivity index (χ4v) is 2.01. The Kier molecular flexibility index (Phi) is 3.99. The third-order valence-corrected chi connectivity index (χ3v) is 2.88. The van der Waals surface area contributed by atoms with Crippen molar-refractivity contribution in [1.82, 2.24) is 4.98 Å². The van der Waals surface area contributed by atoms with Gasteiger partial charge in [0.1, 0.15) is 5.69 Å². The number of halogens is 1. The molecule has 0 aliphatic rings. The predicted octanol–water partition coefficient (Wildman–Crippen LogP) is 2.38. The van der Waals surface area contributed by atoms with Gasteiger partial charge in [0.25, 0.3) is 5.91 Å². The maximum atomic E-state index is 11.9. The number of carbonyl (C=O) groups excluding carboxylic acids is 1. The molecule has 1 aromatic carbocycles. The van der Waals surface area contributed by atoms with Crippen LogP contribution >= 0.6 is 15.9 Å². The molecule has 0 aliphatic carbocycles. The lowest BCUT2D eigenvalue weighted by Gasteiger charge is -2.07. The zero-order valence-electron chi connectivity index (χ0n) is 10.1. The number of carboxylic acids is 1. The number of hydrogen-bond donors (Lipinski definition) is 3. The van der Waals surface area contributed by atoms with Gasteiger partial charge in [-0.1, -0.05) is 15.9 Å². The molecule has 7 heteroatoms. The molecule has 102 valence electrons. The maximum absolute atomic E-state index is 11.9. The molecule has 0 saturated carbocycles. The van der Waals surface area contributed by atoms with E-state index in [1.165, 1.54) is 24.4 Å². The number of benzene rings is 1. The van der Waals surface area contributed by atoms with Crippen molar-refractivity contribution >= 4 is 39.2 Å². The zero-order chi connectivity index (χ0) is 14.7. The first-order valence-electron chi connectivity index (χ1n) is 5.52. The Bertz CT molecular complexity index is 671. The Morgan fingerprint density at radius 1 is 1.25 bits per heavy atom. The highest BCUT2D eigenvalue weighted by atomic mass is 79.9. The van der Waals surface area contributed by atoms with Gasteiger partial charge in [0.05, 0.1) is 17.4 Å². The summed E-state index contributed by atoms with van der Waals surface area (Å²) >= 11 is 3.19. The van der Waals surface area contributed by atoms with Crippen molar-refractivity contribution in [2.24, 2.45) is 0 Å². The average Bonchev–Trinajstić information content (AvgIpc) is 2.38. The molecule has 0 atom stereocenters. The second-order valence-electron chi connectivity index (χ2n) is 3.96. The summed E-state index contributed by atoms with van der Waals surface area (Å²) < 4.78 is 0.554. The van der Waals surface area contributed by atoms with E-state index in [9.17, 15) is 9.59 Å². The van der Waals surface area contributed by atoms with Gasteiger partial charge in [0.2, 0.25) is 0 Å². The van der Waals surface area contributed by atoms with Crippen LogP contribution in [0.1, 0.15) is 20.8 Å². The molecule has 0 spiro atoms. The first-order chi connectivity index (χ1) is 9.45. The van der Waals surface area contributed by atoms with Crippen LogP contribution < -0.4 is 11.1 Å². The molecule has 4 N–H and O–H groups in total. The fourth-order valence-electron chi connectivity index (χ4n) is 1.52. The normalized spacial score (nSPS) is 10.1. The Morgan fingerprint density at radius 3 is 2.60 bits per heavy atom. The van der Waals surface area contributed by atoms with Crippen LogP contribution in [0.5, 0.6) is 0 Å². The summed E-state index contributed by atoms with van der Waals surface area (Å²) in [7, 11) is 0. The van der Waals surface area contributed by atoms with Gasteiger partial charge in [-0.3, -0.25) is 4.79 Å². The number of nitrogens with two attached hydrogens (primary N) is 1. The highest BCUT2D eigenvalue weighted by molar-refractivity contribution is 9.10. The number of rotatable bonds is 3. The smallest absolute Gasteiger partial charge is 0.335 e. The highest BCUT2D eigenvalue weighted by Gasteiger charge is 2.10. The quantitative estimate of drug-likeness (QED) is 0.798. The molecule has 2 rings (SSSR count).